The minimum Gasteiger partial charge on any atom is -0.465 e. The summed E-state index contributed by atoms with van der Waals surface area (Å²) < 4.78 is 12.2. The summed E-state index contributed by atoms with van der Waals surface area (Å²) in [5.74, 6) is -1.33. The van der Waals surface area contributed by atoms with Crippen LogP contribution in [0.15, 0.2) is 41.4 Å². The highest BCUT2D eigenvalue weighted by atomic mass is 32.1. The summed E-state index contributed by atoms with van der Waals surface area (Å²) in [6, 6.07) is 8.22. The molecule has 0 radical (unpaired) electrons. The second kappa shape index (κ2) is 10.6. The molecule has 0 saturated carbocycles. The molecule has 36 heavy (non-hydrogen) atoms. The number of rotatable bonds is 7. The van der Waals surface area contributed by atoms with Crippen molar-refractivity contribution in [2.75, 3.05) is 37.8 Å². The van der Waals surface area contributed by atoms with Crippen molar-refractivity contribution in [1.29, 1.82) is 0 Å². The van der Waals surface area contributed by atoms with Crippen LogP contribution in [0, 0.1) is 20.2 Å². The second-order valence-electron chi connectivity index (χ2n) is 7.66. The van der Waals surface area contributed by atoms with Crippen molar-refractivity contribution in [3.8, 4) is 0 Å². The highest BCUT2D eigenvalue weighted by molar-refractivity contribution is 7.16. The summed E-state index contributed by atoms with van der Waals surface area (Å²) in [6.07, 6.45) is 0. The number of aromatic nitrogens is 1. The Labute approximate surface area is 207 Å². The third-order valence-corrected chi connectivity index (χ3v) is 6.48. The number of amides is 1. The molecule has 2 aromatic carbocycles. The van der Waals surface area contributed by atoms with Crippen LogP contribution in [0.3, 0.4) is 0 Å². The molecule has 0 spiro atoms. The van der Waals surface area contributed by atoms with Gasteiger partial charge in [-0.15, -0.1) is 0 Å². The van der Waals surface area contributed by atoms with E-state index in [1.807, 2.05) is 4.90 Å². The average molecular weight is 516 g/mol. The molecule has 4 rings (SSSR count). The van der Waals surface area contributed by atoms with E-state index in [1.54, 1.807) is 6.92 Å². The second-order valence-corrected chi connectivity index (χ2v) is 8.67. The summed E-state index contributed by atoms with van der Waals surface area (Å²) in [5.41, 5.74) is 0.443. The SMILES string of the molecule is CCOC(=O)Cn1c(=NC(=O)c2ccc(N3CCOCC3)c([N+](=O)[O-])c2)sc2cc([N+](=O)[O-])ccc21. The highest BCUT2D eigenvalue weighted by Gasteiger charge is 2.24. The van der Waals surface area contributed by atoms with Crippen molar-refractivity contribution >= 4 is 50.5 Å². The van der Waals surface area contributed by atoms with Gasteiger partial charge in [-0.3, -0.25) is 29.8 Å². The fourth-order valence-electron chi connectivity index (χ4n) is 3.78. The van der Waals surface area contributed by atoms with Gasteiger partial charge in [-0.1, -0.05) is 11.3 Å². The number of carbonyl (C=O) groups is 2. The Morgan fingerprint density at radius 2 is 1.86 bits per heavy atom. The summed E-state index contributed by atoms with van der Waals surface area (Å²) in [7, 11) is 0. The van der Waals surface area contributed by atoms with Gasteiger partial charge in [0.1, 0.15) is 12.2 Å². The number of esters is 1. The molecule has 0 atom stereocenters. The minimum atomic E-state index is -0.759. The van der Waals surface area contributed by atoms with E-state index in [0.29, 0.717) is 42.2 Å². The van der Waals surface area contributed by atoms with Crippen molar-refractivity contribution < 1.29 is 28.9 Å². The van der Waals surface area contributed by atoms with E-state index in [-0.39, 0.29) is 34.9 Å². The monoisotopic (exact) mass is 515 g/mol. The molecule has 0 bridgehead atoms. The smallest absolute Gasteiger partial charge is 0.326 e. The summed E-state index contributed by atoms with van der Waals surface area (Å²) >= 11 is 0.982. The van der Waals surface area contributed by atoms with Crippen LogP contribution in [-0.2, 0) is 20.8 Å². The molecule has 1 aliphatic heterocycles. The number of carbonyl (C=O) groups excluding carboxylic acids is 2. The first-order valence-corrected chi connectivity index (χ1v) is 11.7. The van der Waals surface area contributed by atoms with E-state index in [2.05, 4.69) is 4.99 Å². The van der Waals surface area contributed by atoms with E-state index >= 15 is 0 Å². The predicted octanol–water partition coefficient (Wildman–Crippen LogP) is 2.66. The van der Waals surface area contributed by atoms with Crippen LogP contribution in [-0.4, -0.2) is 59.2 Å². The average Bonchev–Trinajstić information content (AvgIpc) is 3.20. The van der Waals surface area contributed by atoms with Crippen molar-refractivity contribution in [3.63, 3.8) is 0 Å². The molecule has 0 unspecified atom stereocenters. The Balaban J connectivity index is 1.77. The van der Waals surface area contributed by atoms with E-state index in [4.69, 9.17) is 9.47 Å². The van der Waals surface area contributed by atoms with Gasteiger partial charge in [-0.2, -0.15) is 4.99 Å². The lowest BCUT2D eigenvalue weighted by Gasteiger charge is -2.28. The number of nitrogens with zero attached hydrogens (tertiary/aromatic N) is 5. The Kier molecular flexibility index (Phi) is 7.36. The van der Waals surface area contributed by atoms with Crippen molar-refractivity contribution in [3.05, 3.63) is 67.0 Å². The Morgan fingerprint density at radius 3 is 2.53 bits per heavy atom. The topological polar surface area (TPSA) is 159 Å². The number of fused-ring (bicyclic) bond motifs is 1. The number of hydrogen-bond donors (Lipinski definition) is 0. The lowest BCUT2D eigenvalue weighted by molar-refractivity contribution is -0.384. The molecule has 1 saturated heterocycles. The summed E-state index contributed by atoms with van der Waals surface area (Å²) in [5, 5.41) is 22.9. The maximum Gasteiger partial charge on any atom is 0.326 e. The third kappa shape index (κ3) is 5.23. The largest absolute Gasteiger partial charge is 0.465 e. The fourth-order valence-corrected chi connectivity index (χ4v) is 4.84. The van der Waals surface area contributed by atoms with E-state index in [1.165, 1.54) is 41.0 Å². The number of non-ortho nitro benzene ring substituents is 1. The lowest BCUT2D eigenvalue weighted by atomic mass is 10.1. The van der Waals surface area contributed by atoms with Gasteiger partial charge in [0.2, 0.25) is 0 Å². The summed E-state index contributed by atoms with van der Waals surface area (Å²) in [4.78, 5) is 53.1. The molecular weight excluding hydrogens is 494 g/mol. The van der Waals surface area contributed by atoms with Crippen LogP contribution < -0.4 is 9.70 Å². The normalized spacial score (nSPS) is 14.1. The molecule has 1 fully saturated rings. The number of nitro groups is 2. The van der Waals surface area contributed by atoms with Gasteiger partial charge in [-0.25, -0.2) is 0 Å². The molecule has 2 heterocycles. The van der Waals surface area contributed by atoms with Crippen LogP contribution in [0.4, 0.5) is 17.1 Å². The van der Waals surface area contributed by atoms with Gasteiger partial charge in [0.05, 0.1) is 39.9 Å². The molecule has 1 aromatic heterocycles. The number of benzene rings is 2. The van der Waals surface area contributed by atoms with Crippen molar-refractivity contribution in [2.24, 2.45) is 4.99 Å². The standard InChI is InChI=1S/C22H21N5O8S/c1-2-35-20(28)13-25-17-6-4-15(26(30)31)12-19(17)36-22(25)23-21(29)14-3-5-16(18(11-14)27(32)33)24-7-9-34-10-8-24/h3-6,11-12H,2,7-10,13H2,1H3. The van der Waals surface area contributed by atoms with Gasteiger partial charge in [0, 0.05) is 36.9 Å². The van der Waals surface area contributed by atoms with Crippen LogP contribution in [0.25, 0.3) is 10.2 Å². The maximum atomic E-state index is 13.0. The van der Waals surface area contributed by atoms with E-state index in [0.717, 1.165) is 11.3 Å². The molecule has 0 aliphatic carbocycles. The number of thiazole rings is 1. The van der Waals surface area contributed by atoms with Crippen LogP contribution in [0.5, 0.6) is 0 Å². The molecular formula is C22H21N5O8S. The van der Waals surface area contributed by atoms with Crippen LogP contribution in [0.1, 0.15) is 17.3 Å². The molecule has 3 aromatic rings. The van der Waals surface area contributed by atoms with E-state index in [9.17, 15) is 29.8 Å². The first-order chi connectivity index (χ1) is 17.3. The van der Waals surface area contributed by atoms with Gasteiger partial charge >= 0.3 is 5.97 Å². The van der Waals surface area contributed by atoms with Crippen molar-refractivity contribution in [2.45, 2.75) is 13.5 Å². The first-order valence-electron chi connectivity index (χ1n) is 10.9. The minimum absolute atomic E-state index is 0.00942. The molecule has 14 heteroatoms. The zero-order valence-electron chi connectivity index (χ0n) is 19.1. The predicted molar refractivity (Wildman–Crippen MR) is 129 cm³/mol. The number of nitro benzene ring substituents is 2. The third-order valence-electron chi connectivity index (χ3n) is 5.44. The Bertz CT molecular complexity index is 1420. The Morgan fingerprint density at radius 1 is 1.11 bits per heavy atom. The van der Waals surface area contributed by atoms with Gasteiger partial charge in [-0.05, 0) is 25.1 Å². The number of morpholine rings is 1. The number of hydrogen-bond acceptors (Lipinski definition) is 10. The maximum absolute atomic E-state index is 13.0. The first kappa shape index (κ1) is 24.9. The summed E-state index contributed by atoms with van der Waals surface area (Å²) in [6.45, 7) is 3.39. The number of anilines is 1. The molecule has 1 amide bonds. The van der Waals surface area contributed by atoms with Crippen LogP contribution >= 0.6 is 11.3 Å². The molecule has 0 N–H and O–H groups in total. The zero-order valence-corrected chi connectivity index (χ0v) is 19.9. The molecule has 188 valence electrons. The van der Waals surface area contributed by atoms with Crippen molar-refractivity contribution in [1.82, 2.24) is 4.57 Å². The quantitative estimate of drug-likeness (QED) is 0.262. The fraction of sp³-hybridized carbons (Fsp3) is 0.318. The van der Waals surface area contributed by atoms with E-state index < -0.39 is 21.7 Å². The number of ether oxygens (including phenoxy) is 2. The lowest BCUT2D eigenvalue weighted by Crippen LogP contribution is -2.36. The highest BCUT2D eigenvalue weighted by Crippen LogP contribution is 2.30. The van der Waals surface area contributed by atoms with Gasteiger partial charge in [0.15, 0.2) is 4.80 Å². The van der Waals surface area contributed by atoms with Gasteiger partial charge < -0.3 is 18.9 Å². The molecule has 13 nitrogen and oxygen atoms in total. The van der Waals surface area contributed by atoms with Crippen LogP contribution in [0.2, 0.25) is 0 Å². The Hall–Kier alpha value is -4.17. The zero-order chi connectivity index (χ0) is 25.8. The van der Waals surface area contributed by atoms with Gasteiger partial charge in [0.25, 0.3) is 17.3 Å². The molecule has 1 aliphatic rings.